The van der Waals surface area contributed by atoms with Crippen LogP contribution < -0.4 is 5.32 Å². The van der Waals surface area contributed by atoms with Gasteiger partial charge in [-0.05, 0) is 29.7 Å². The second-order valence-electron chi connectivity index (χ2n) is 5.35. The van der Waals surface area contributed by atoms with Crippen LogP contribution in [0.15, 0.2) is 53.7 Å². The number of oxime groups is 1. The molecule has 2 aromatic carbocycles. The monoisotopic (exact) mass is 314 g/mol. The molecule has 0 atom stereocenters. The number of hydrogen-bond acceptors (Lipinski definition) is 3. The number of halogens is 1. The van der Waals surface area contributed by atoms with Crippen LogP contribution in [0.1, 0.15) is 30.9 Å². The first kappa shape index (κ1) is 16.7. The fourth-order valence-electron chi connectivity index (χ4n) is 1.92. The van der Waals surface area contributed by atoms with Crippen molar-refractivity contribution in [3.63, 3.8) is 0 Å². The zero-order valence-electron chi connectivity index (χ0n) is 13.1. The Morgan fingerprint density at radius 3 is 2.57 bits per heavy atom. The van der Waals surface area contributed by atoms with Crippen LogP contribution in [-0.4, -0.2) is 18.7 Å². The molecule has 0 aliphatic carbocycles. The first-order chi connectivity index (χ1) is 11.1. The molecule has 0 heterocycles. The number of nitrogens with one attached hydrogen (secondary N) is 1. The highest BCUT2D eigenvalue weighted by Gasteiger charge is 2.04. The van der Waals surface area contributed by atoms with E-state index in [9.17, 15) is 9.18 Å². The first-order valence-electron chi connectivity index (χ1n) is 7.36. The molecular formula is C18H19FN2O2. The normalized spacial score (nSPS) is 11.0. The average molecular weight is 314 g/mol. The third-order valence-electron chi connectivity index (χ3n) is 3.23. The number of anilines is 1. The predicted molar refractivity (Wildman–Crippen MR) is 89.1 cm³/mol. The number of amides is 1. The third kappa shape index (κ3) is 5.21. The minimum atomic E-state index is -0.394. The van der Waals surface area contributed by atoms with Crippen molar-refractivity contribution >= 4 is 17.8 Å². The molecule has 0 fully saturated rings. The molecule has 0 spiro atoms. The summed E-state index contributed by atoms with van der Waals surface area (Å²) in [5.74, 6) is -0.279. The highest BCUT2D eigenvalue weighted by molar-refractivity contribution is 5.91. The van der Waals surface area contributed by atoms with E-state index >= 15 is 0 Å². The van der Waals surface area contributed by atoms with Crippen LogP contribution in [0.5, 0.6) is 0 Å². The highest BCUT2D eigenvalue weighted by Crippen LogP contribution is 2.17. The van der Waals surface area contributed by atoms with E-state index in [4.69, 9.17) is 4.84 Å². The van der Waals surface area contributed by atoms with Gasteiger partial charge in [0.05, 0.1) is 6.21 Å². The second kappa shape index (κ2) is 8.08. The largest absolute Gasteiger partial charge is 0.386 e. The zero-order chi connectivity index (χ0) is 16.7. The lowest BCUT2D eigenvalue weighted by Gasteiger charge is -2.08. The van der Waals surface area contributed by atoms with Gasteiger partial charge in [0.2, 0.25) is 0 Å². The topological polar surface area (TPSA) is 50.7 Å². The highest BCUT2D eigenvalue weighted by atomic mass is 19.1. The van der Waals surface area contributed by atoms with Crippen LogP contribution >= 0.6 is 0 Å². The van der Waals surface area contributed by atoms with Crippen LogP contribution in [0.2, 0.25) is 0 Å². The van der Waals surface area contributed by atoms with E-state index in [1.165, 1.54) is 17.8 Å². The summed E-state index contributed by atoms with van der Waals surface area (Å²) in [6.45, 7) is 3.97. The van der Waals surface area contributed by atoms with Gasteiger partial charge in [-0.15, -0.1) is 0 Å². The van der Waals surface area contributed by atoms with Gasteiger partial charge >= 0.3 is 0 Å². The summed E-state index contributed by atoms with van der Waals surface area (Å²) in [6, 6.07) is 13.8. The molecule has 0 aliphatic heterocycles. The number of carbonyl (C=O) groups excluding carboxylic acids is 1. The molecule has 1 amide bonds. The molecular weight excluding hydrogens is 295 g/mol. The summed E-state index contributed by atoms with van der Waals surface area (Å²) in [4.78, 5) is 16.6. The maximum absolute atomic E-state index is 13.3. The summed E-state index contributed by atoms with van der Waals surface area (Å²) >= 11 is 0. The Hall–Kier alpha value is -2.69. The minimum Gasteiger partial charge on any atom is -0.386 e. The number of nitrogens with zero attached hydrogens (tertiary/aromatic N) is 1. The van der Waals surface area contributed by atoms with Crippen LogP contribution in [0.4, 0.5) is 10.1 Å². The fraction of sp³-hybridized carbons (Fsp3) is 0.222. The molecule has 120 valence electrons. The Morgan fingerprint density at radius 2 is 1.91 bits per heavy atom. The van der Waals surface area contributed by atoms with Gasteiger partial charge in [-0.1, -0.05) is 49.3 Å². The Balaban J connectivity index is 1.80. The standard InChI is InChI=1S/C18H19FN2O2/c1-13(2)14-7-9-16(10-8-14)21-18(22)12-23-20-11-15-5-3-4-6-17(15)19/h3-11,13H,12H2,1-2H3,(H,21,22)/b20-11-. The van der Waals surface area contributed by atoms with E-state index in [2.05, 4.69) is 24.3 Å². The van der Waals surface area contributed by atoms with Crippen molar-refractivity contribution in [3.05, 3.63) is 65.5 Å². The van der Waals surface area contributed by atoms with Gasteiger partial charge in [0.25, 0.3) is 5.91 Å². The van der Waals surface area contributed by atoms with E-state index in [0.717, 1.165) is 0 Å². The first-order valence-corrected chi connectivity index (χ1v) is 7.36. The van der Waals surface area contributed by atoms with Crippen molar-refractivity contribution in [2.24, 2.45) is 5.16 Å². The SMILES string of the molecule is CC(C)c1ccc(NC(=O)CO/N=C\c2ccccc2F)cc1. The minimum absolute atomic E-state index is 0.239. The van der Waals surface area contributed by atoms with Crippen LogP contribution in [0.25, 0.3) is 0 Å². The molecule has 0 saturated carbocycles. The van der Waals surface area contributed by atoms with E-state index < -0.39 is 5.82 Å². The molecule has 0 unspecified atom stereocenters. The molecule has 23 heavy (non-hydrogen) atoms. The van der Waals surface area contributed by atoms with Gasteiger partial charge < -0.3 is 10.2 Å². The lowest BCUT2D eigenvalue weighted by Crippen LogP contribution is -2.17. The Kier molecular flexibility index (Phi) is 5.86. The van der Waals surface area contributed by atoms with Crippen molar-refractivity contribution in [2.75, 3.05) is 11.9 Å². The molecule has 0 bridgehead atoms. The Morgan fingerprint density at radius 1 is 1.22 bits per heavy atom. The van der Waals surface area contributed by atoms with Gasteiger partial charge in [0.15, 0.2) is 6.61 Å². The van der Waals surface area contributed by atoms with Gasteiger partial charge in [-0.3, -0.25) is 4.79 Å². The van der Waals surface area contributed by atoms with E-state index in [-0.39, 0.29) is 12.5 Å². The smallest absolute Gasteiger partial charge is 0.265 e. The number of rotatable bonds is 6. The number of benzene rings is 2. The second-order valence-corrected chi connectivity index (χ2v) is 5.35. The maximum atomic E-state index is 13.3. The number of hydrogen-bond donors (Lipinski definition) is 1. The summed E-state index contributed by atoms with van der Waals surface area (Å²) < 4.78 is 13.3. The molecule has 1 N–H and O–H groups in total. The molecule has 0 aliphatic rings. The quantitative estimate of drug-likeness (QED) is 0.648. The van der Waals surface area contributed by atoms with Crippen LogP contribution in [0, 0.1) is 5.82 Å². The zero-order valence-corrected chi connectivity index (χ0v) is 13.1. The van der Waals surface area contributed by atoms with E-state index in [1.807, 2.05) is 24.3 Å². The average Bonchev–Trinajstić information content (AvgIpc) is 2.53. The summed E-state index contributed by atoms with van der Waals surface area (Å²) in [6.07, 6.45) is 1.24. The van der Waals surface area contributed by atoms with E-state index in [0.29, 0.717) is 17.2 Å². The maximum Gasteiger partial charge on any atom is 0.265 e. The summed E-state index contributed by atoms with van der Waals surface area (Å²) in [7, 11) is 0. The third-order valence-corrected chi connectivity index (χ3v) is 3.23. The molecule has 0 saturated heterocycles. The molecule has 5 heteroatoms. The van der Waals surface area contributed by atoms with Gasteiger partial charge in [0.1, 0.15) is 5.82 Å². The van der Waals surface area contributed by atoms with Crippen LogP contribution in [0.3, 0.4) is 0 Å². The van der Waals surface area contributed by atoms with Crippen molar-refractivity contribution in [2.45, 2.75) is 19.8 Å². The fourth-order valence-corrected chi connectivity index (χ4v) is 1.92. The predicted octanol–water partition coefficient (Wildman–Crippen LogP) is 3.94. The molecule has 0 aromatic heterocycles. The van der Waals surface area contributed by atoms with Gasteiger partial charge in [-0.2, -0.15) is 0 Å². The van der Waals surface area contributed by atoms with E-state index in [1.54, 1.807) is 18.2 Å². The molecule has 2 rings (SSSR count). The Bertz CT molecular complexity index is 682. The molecule has 0 radical (unpaired) electrons. The number of carbonyl (C=O) groups is 1. The summed E-state index contributed by atoms with van der Waals surface area (Å²) in [5.41, 5.74) is 2.20. The van der Waals surface area contributed by atoms with Crippen molar-refractivity contribution < 1.29 is 14.0 Å². The van der Waals surface area contributed by atoms with Crippen molar-refractivity contribution in [1.82, 2.24) is 0 Å². The van der Waals surface area contributed by atoms with Crippen molar-refractivity contribution in [3.8, 4) is 0 Å². The van der Waals surface area contributed by atoms with Crippen LogP contribution in [-0.2, 0) is 9.63 Å². The lowest BCUT2D eigenvalue weighted by molar-refractivity contribution is -0.120. The Labute approximate surface area is 135 Å². The van der Waals surface area contributed by atoms with Crippen molar-refractivity contribution in [1.29, 1.82) is 0 Å². The molecule has 4 nitrogen and oxygen atoms in total. The molecule has 2 aromatic rings. The van der Waals surface area contributed by atoms with Gasteiger partial charge in [0, 0.05) is 11.3 Å². The summed E-state index contributed by atoms with van der Waals surface area (Å²) in [5, 5.41) is 6.30. The van der Waals surface area contributed by atoms with Gasteiger partial charge in [-0.25, -0.2) is 4.39 Å². The lowest BCUT2D eigenvalue weighted by atomic mass is 10.0.